The SMILES string of the molecule is COc1ccccc1-c1ccc2c(c1)N1CCNC[C@@H]1CCO2.OB(O)c1ccccc1. The summed E-state index contributed by atoms with van der Waals surface area (Å²) in [6, 6.07) is 23.8. The predicted molar refractivity (Wildman–Crippen MR) is 129 cm³/mol. The molecule has 1 fully saturated rings. The first-order valence-corrected chi connectivity index (χ1v) is 11.0. The number of ether oxygens (including phenoxy) is 2. The van der Waals surface area contributed by atoms with Gasteiger partial charge in [-0.15, -0.1) is 0 Å². The number of hydrogen-bond acceptors (Lipinski definition) is 6. The third kappa shape index (κ3) is 5.07. The largest absolute Gasteiger partial charge is 0.496 e. The number of hydrogen-bond donors (Lipinski definition) is 3. The molecule has 1 saturated heterocycles. The van der Waals surface area contributed by atoms with Gasteiger partial charge in [-0.05, 0) is 29.2 Å². The van der Waals surface area contributed by atoms with Gasteiger partial charge in [-0.25, -0.2) is 0 Å². The number of nitrogens with one attached hydrogen (secondary N) is 1. The van der Waals surface area contributed by atoms with E-state index in [-0.39, 0.29) is 0 Å². The van der Waals surface area contributed by atoms with E-state index in [1.807, 2.05) is 24.3 Å². The van der Waals surface area contributed by atoms with Gasteiger partial charge in [0.25, 0.3) is 0 Å². The fourth-order valence-corrected chi connectivity index (χ4v) is 4.18. The smallest absolute Gasteiger partial charge is 0.488 e. The van der Waals surface area contributed by atoms with E-state index in [9.17, 15) is 0 Å². The molecule has 0 unspecified atom stereocenters. The predicted octanol–water partition coefficient (Wildman–Crippen LogP) is 2.29. The van der Waals surface area contributed by atoms with Crippen molar-refractivity contribution in [1.82, 2.24) is 5.32 Å². The summed E-state index contributed by atoms with van der Waals surface area (Å²) in [5, 5.41) is 20.6. The molecule has 3 aromatic carbocycles. The molecule has 166 valence electrons. The first kappa shape index (κ1) is 22.2. The Bertz CT molecular complexity index is 1020. The maximum Gasteiger partial charge on any atom is 0.488 e. The Kier molecular flexibility index (Phi) is 7.32. The topological polar surface area (TPSA) is 74.2 Å². The van der Waals surface area contributed by atoms with Crippen LogP contribution in [0.2, 0.25) is 0 Å². The van der Waals surface area contributed by atoms with Gasteiger partial charge in [0.05, 0.1) is 19.4 Å². The van der Waals surface area contributed by atoms with E-state index < -0.39 is 7.12 Å². The Morgan fingerprint density at radius 2 is 1.81 bits per heavy atom. The van der Waals surface area contributed by atoms with Gasteiger partial charge in [0.15, 0.2) is 0 Å². The van der Waals surface area contributed by atoms with E-state index >= 15 is 0 Å². The number of rotatable bonds is 3. The van der Waals surface area contributed by atoms with Gasteiger partial charge >= 0.3 is 7.12 Å². The number of para-hydroxylation sites is 1. The quantitative estimate of drug-likeness (QED) is 0.552. The van der Waals surface area contributed by atoms with Crippen LogP contribution in [0.15, 0.2) is 72.8 Å². The molecule has 0 aliphatic carbocycles. The number of benzene rings is 3. The van der Waals surface area contributed by atoms with Gasteiger partial charge in [-0.2, -0.15) is 0 Å². The second-order valence-electron chi connectivity index (χ2n) is 7.86. The van der Waals surface area contributed by atoms with Crippen LogP contribution >= 0.6 is 0 Å². The summed E-state index contributed by atoms with van der Waals surface area (Å²) in [6.07, 6.45) is 1.06. The Hall–Kier alpha value is -3.00. The molecule has 0 radical (unpaired) electrons. The summed E-state index contributed by atoms with van der Waals surface area (Å²) in [5.74, 6) is 1.90. The lowest BCUT2D eigenvalue weighted by Gasteiger charge is -2.36. The number of fused-ring (bicyclic) bond motifs is 3. The maximum absolute atomic E-state index is 8.58. The van der Waals surface area contributed by atoms with Crippen LogP contribution < -0.4 is 25.2 Å². The molecule has 0 saturated carbocycles. The first-order valence-electron chi connectivity index (χ1n) is 11.0. The number of nitrogens with zero attached hydrogens (tertiary/aromatic N) is 1. The molecule has 32 heavy (non-hydrogen) atoms. The number of methoxy groups -OCH3 is 1. The molecule has 1 atom stereocenters. The molecule has 0 bridgehead atoms. The Balaban J connectivity index is 0.000000230. The van der Waals surface area contributed by atoms with Crippen LogP contribution in [0.25, 0.3) is 11.1 Å². The fourth-order valence-electron chi connectivity index (χ4n) is 4.18. The van der Waals surface area contributed by atoms with Gasteiger partial charge in [0.1, 0.15) is 11.5 Å². The minimum Gasteiger partial charge on any atom is -0.496 e. The lowest BCUT2D eigenvalue weighted by molar-refractivity contribution is 0.304. The van der Waals surface area contributed by atoms with Crippen LogP contribution in [0.5, 0.6) is 11.5 Å². The fraction of sp³-hybridized carbons (Fsp3) is 0.280. The van der Waals surface area contributed by atoms with Gasteiger partial charge < -0.3 is 29.7 Å². The standard InChI is InChI=1S/C19H22N2O2.C6H7BO2/c1-22-18-5-3-2-4-16(18)14-6-7-19-17(12-14)21-10-9-20-13-15(21)8-11-23-19;8-7(9)6-4-2-1-3-5-6/h2-7,12,15,20H,8-11,13H2,1H3;1-5,8-9H/t15-;/m0./s1. The molecule has 3 N–H and O–H groups in total. The van der Waals surface area contributed by atoms with E-state index in [0.717, 1.165) is 49.7 Å². The Morgan fingerprint density at radius 1 is 1.03 bits per heavy atom. The first-order chi connectivity index (χ1) is 15.7. The molecule has 0 aromatic heterocycles. The molecular weight excluding hydrogens is 403 g/mol. The van der Waals surface area contributed by atoms with Crippen molar-refractivity contribution in [3.63, 3.8) is 0 Å². The molecule has 0 spiro atoms. The summed E-state index contributed by atoms with van der Waals surface area (Å²) in [7, 11) is 0.378. The minimum absolute atomic E-state index is 0.512. The highest BCUT2D eigenvalue weighted by Gasteiger charge is 2.28. The van der Waals surface area contributed by atoms with Crippen LogP contribution in [-0.4, -0.2) is 56.6 Å². The lowest BCUT2D eigenvalue weighted by atomic mass is 9.81. The van der Waals surface area contributed by atoms with Gasteiger partial charge in [-0.3, -0.25) is 0 Å². The van der Waals surface area contributed by atoms with Crippen molar-refractivity contribution in [2.75, 3.05) is 38.3 Å². The van der Waals surface area contributed by atoms with E-state index in [4.69, 9.17) is 19.5 Å². The summed E-state index contributed by atoms with van der Waals surface area (Å²) >= 11 is 0. The van der Waals surface area contributed by atoms with E-state index in [0.29, 0.717) is 11.5 Å². The summed E-state index contributed by atoms with van der Waals surface area (Å²) in [4.78, 5) is 2.50. The summed E-state index contributed by atoms with van der Waals surface area (Å²) < 4.78 is 11.5. The average molecular weight is 432 g/mol. The molecule has 5 rings (SSSR count). The molecule has 3 aromatic rings. The van der Waals surface area contributed by atoms with E-state index in [1.165, 1.54) is 11.3 Å². The van der Waals surface area contributed by atoms with Crippen molar-refractivity contribution in [1.29, 1.82) is 0 Å². The zero-order valence-corrected chi connectivity index (χ0v) is 18.3. The van der Waals surface area contributed by atoms with Gasteiger partial charge in [0.2, 0.25) is 0 Å². The van der Waals surface area contributed by atoms with Crippen LogP contribution in [-0.2, 0) is 0 Å². The zero-order chi connectivity index (χ0) is 22.3. The third-order valence-electron chi connectivity index (χ3n) is 5.84. The van der Waals surface area contributed by atoms with Crippen LogP contribution in [0.4, 0.5) is 5.69 Å². The summed E-state index contributed by atoms with van der Waals surface area (Å²) in [5.41, 5.74) is 4.02. The van der Waals surface area contributed by atoms with Crippen LogP contribution in [0.3, 0.4) is 0 Å². The van der Waals surface area contributed by atoms with Crippen molar-refractivity contribution < 1.29 is 19.5 Å². The lowest BCUT2D eigenvalue weighted by Crippen LogP contribution is -2.51. The highest BCUT2D eigenvalue weighted by Crippen LogP contribution is 2.39. The van der Waals surface area contributed by atoms with Crippen molar-refractivity contribution >= 4 is 18.3 Å². The van der Waals surface area contributed by atoms with Crippen LogP contribution in [0, 0.1) is 0 Å². The van der Waals surface area contributed by atoms with Crippen molar-refractivity contribution in [2.45, 2.75) is 12.5 Å². The minimum atomic E-state index is -1.34. The van der Waals surface area contributed by atoms with Crippen molar-refractivity contribution in [3.05, 3.63) is 72.8 Å². The highest BCUT2D eigenvalue weighted by atomic mass is 16.5. The molecule has 6 nitrogen and oxygen atoms in total. The van der Waals surface area contributed by atoms with Crippen molar-refractivity contribution in [2.24, 2.45) is 0 Å². The average Bonchev–Trinajstić information content (AvgIpc) is 3.04. The number of piperazine rings is 1. The second-order valence-corrected chi connectivity index (χ2v) is 7.86. The third-order valence-corrected chi connectivity index (χ3v) is 5.84. The Labute approximate surface area is 189 Å². The molecule has 2 aliphatic heterocycles. The van der Waals surface area contributed by atoms with Gasteiger partial charge in [0, 0.05) is 37.7 Å². The Morgan fingerprint density at radius 3 is 2.56 bits per heavy atom. The van der Waals surface area contributed by atoms with E-state index in [2.05, 4.69) is 34.5 Å². The van der Waals surface area contributed by atoms with E-state index in [1.54, 1.807) is 31.4 Å². The summed E-state index contributed by atoms with van der Waals surface area (Å²) in [6.45, 7) is 3.86. The zero-order valence-electron chi connectivity index (χ0n) is 18.3. The highest BCUT2D eigenvalue weighted by molar-refractivity contribution is 6.58. The molecule has 7 heteroatoms. The molecular formula is C25H29BN2O4. The van der Waals surface area contributed by atoms with Crippen LogP contribution in [0.1, 0.15) is 6.42 Å². The monoisotopic (exact) mass is 432 g/mol. The maximum atomic E-state index is 8.58. The molecule has 0 amide bonds. The molecule has 2 heterocycles. The number of anilines is 1. The van der Waals surface area contributed by atoms with Crippen molar-refractivity contribution in [3.8, 4) is 22.6 Å². The van der Waals surface area contributed by atoms with Gasteiger partial charge in [-0.1, -0.05) is 54.6 Å². The second kappa shape index (κ2) is 10.5. The molecule has 2 aliphatic rings. The normalized spacial score (nSPS) is 17.0.